The van der Waals surface area contributed by atoms with Gasteiger partial charge in [0, 0.05) is 26.2 Å². The van der Waals surface area contributed by atoms with Gasteiger partial charge in [0.15, 0.2) is 0 Å². The maximum atomic E-state index is 12.6. The number of carbonyl (C=O) groups excluding carboxylic acids is 1. The zero-order valence-electron chi connectivity index (χ0n) is 14.2. The van der Waals surface area contributed by atoms with E-state index in [0.717, 1.165) is 17.1 Å². The summed E-state index contributed by atoms with van der Waals surface area (Å²) in [6.45, 7) is 3.38. The van der Waals surface area contributed by atoms with Crippen LogP contribution in [0.15, 0.2) is 39.2 Å². The maximum Gasteiger partial charge on any atom is 0.252 e. The van der Waals surface area contributed by atoms with Crippen LogP contribution >= 0.6 is 22.9 Å². The average Bonchev–Trinajstić information content (AvgIpc) is 3.31. The van der Waals surface area contributed by atoms with E-state index in [1.54, 1.807) is 23.3 Å². The van der Waals surface area contributed by atoms with E-state index in [-0.39, 0.29) is 35.8 Å². The van der Waals surface area contributed by atoms with Gasteiger partial charge in [-0.1, -0.05) is 11.6 Å². The summed E-state index contributed by atoms with van der Waals surface area (Å²) in [7, 11) is -3.54. The second kappa shape index (κ2) is 8.10. The fourth-order valence-corrected chi connectivity index (χ4v) is 5.79. The largest absolute Gasteiger partial charge is 0.468 e. The van der Waals surface area contributed by atoms with Crippen LogP contribution < -0.4 is 5.32 Å². The van der Waals surface area contributed by atoms with E-state index in [2.05, 4.69) is 5.32 Å². The van der Waals surface area contributed by atoms with Crippen molar-refractivity contribution in [2.24, 2.45) is 0 Å². The quantitative estimate of drug-likeness (QED) is 0.778. The third-order valence-electron chi connectivity index (χ3n) is 4.26. The van der Waals surface area contributed by atoms with Crippen LogP contribution in [0.1, 0.15) is 18.7 Å². The van der Waals surface area contributed by atoms with Crippen LogP contribution in [-0.4, -0.2) is 56.3 Å². The lowest BCUT2D eigenvalue weighted by atomic mass is 10.2. The van der Waals surface area contributed by atoms with Gasteiger partial charge in [0.05, 0.1) is 23.2 Å². The normalized spacial score (nSPS) is 17.4. The van der Waals surface area contributed by atoms with Gasteiger partial charge < -0.3 is 9.32 Å². The standard InChI is InChI=1S/C16H20ClN3O4S2/c1-12(13-3-2-10-24-13)18-11-15(21)19-6-8-20(9-7-19)26(22,23)16-5-4-14(17)25-16/h2-5,10,12,18H,6-9,11H2,1H3/t12-/m1/s1. The molecule has 0 saturated carbocycles. The Balaban J connectivity index is 1.51. The predicted octanol–water partition coefficient (Wildman–Crippen LogP) is 2.18. The van der Waals surface area contributed by atoms with Crippen molar-refractivity contribution in [1.29, 1.82) is 0 Å². The molecule has 142 valence electrons. The minimum Gasteiger partial charge on any atom is -0.468 e. The Bertz CT molecular complexity index is 843. The molecule has 0 spiro atoms. The number of furan rings is 1. The molecule has 2 aromatic heterocycles. The van der Waals surface area contributed by atoms with Gasteiger partial charge in [0.1, 0.15) is 9.97 Å². The number of sulfonamides is 1. The third kappa shape index (κ3) is 4.29. The molecule has 26 heavy (non-hydrogen) atoms. The van der Waals surface area contributed by atoms with Gasteiger partial charge in [0.25, 0.3) is 10.0 Å². The fraction of sp³-hybridized carbons (Fsp3) is 0.438. The summed E-state index contributed by atoms with van der Waals surface area (Å²) < 4.78 is 32.5. The average molecular weight is 418 g/mol. The van der Waals surface area contributed by atoms with E-state index >= 15 is 0 Å². The molecule has 3 heterocycles. The first kappa shape index (κ1) is 19.4. The molecular formula is C16H20ClN3O4S2. The highest BCUT2D eigenvalue weighted by molar-refractivity contribution is 7.91. The van der Waals surface area contributed by atoms with Crippen molar-refractivity contribution < 1.29 is 17.6 Å². The Labute approximate surface area is 161 Å². The zero-order chi connectivity index (χ0) is 18.7. The summed E-state index contributed by atoms with van der Waals surface area (Å²) in [4.78, 5) is 14.0. The molecule has 0 radical (unpaired) electrons. The summed E-state index contributed by atoms with van der Waals surface area (Å²) in [6.07, 6.45) is 1.59. The van der Waals surface area contributed by atoms with Crippen molar-refractivity contribution in [3.8, 4) is 0 Å². The number of thiophene rings is 1. The smallest absolute Gasteiger partial charge is 0.252 e. The van der Waals surface area contributed by atoms with Gasteiger partial charge in [-0.15, -0.1) is 11.3 Å². The van der Waals surface area contributed by atoms with Gasteiger partial charge >= 0.3 is 0 Å². The number of nitrogens with zero attached hydrogens (tertiary/aromatic N) is 2. The van der Waals surface area contributed by atoms with Crippen molar-refractivity contribution in [1.82, 2.24) is 14.5 Å². The highest BCUT2D eigenvalue weighted by Crippen LogP contribution is 2.28. The minimum atomic E-state index is -3.54. The second-order valence-electron chi connectivity index (χ2n) is 5.96. The number of carbonyl (C=O) groups is 1. The Kier molecular flexibility index (Phi) is 6.03. The van der Waals surface area contributed by atoms with Crippen molar-refractivity contribution in [2.45, 2.75) is 17.2 Å². The number of nitrogens with one attached hydrogen (secondary N) is 1. The molecule has 0 aliphatic carbocycles. The first-order chi connectivity index (χ1) is 12.4. The summed E-state index contributed by atoms with van der Waals surface area (Å²) in [5.74, 6) is 0.711. The molecule has 0 aromatic carbocycles. The Hall–Kier alpha value is -1.39. The topological polar surface area (TPSA) is 82.9 Å². The maximum absolute atomic E-state index is 12.6. The molecule has 10 heteroatoms. The molecule has 1 amide bonds. The van der Waals surface area contributed by atoms with Crippen LogP contribution in [-0.2, 0) is 14.8 Å². The monoisotopic (exact) mass is 417 g/mol. The SMILES string of the molecule is C[C@@H](NCC(=O)N1CCN(S(=O)(=O)c2ccc(Cl)s2)CC1)c1ccco1. The summed E-state index contributed by atoms with van der Waals surface area (Å²) in [6, 6.07) is 6.67. The minimum absolute atomic E-state index is 0.0559. The van der Waals surface area contributed by atoms with E-state index in [1.165, 1.54) is 10.4 Å². The lowest BCUT2D eigenvalue weighted by Crippen LogP contribution is -2.52. The van der Waals surface area contributed by atoms with Crippen molar-refractivity contribution in [2.75, 3.05) is 32.7 Å². The molecule has 1 N–H and O–H groups in total. The molecule has 3 rings (SSSR count). The highest BCUT2D eigenvalue weighted by Gasteiger charge is 2.31. The van der Waals surface area contributed by atoms with E-state index in [0.29, 0.717) is 17.4 Å². The number of hydrogen-bond acceptors (Lipinski definition) is 6. The van der Waals surface area contributed by atoms with Gasteiger partial charge in [0.2, 0.25) is 5.91 Å². The molecule has 7 nitrogen and oxygen atoms in total. The number of rotatable bonds is 6. The zero-order valence-corrected chi connectivity index (χ0v) is 16.6. The van der Waals surface area contributed by atoms with E-state index < -0.39 is 10.0 Å². The number of halogens is 1. The predicted molar refractivity (Wildman–Crippen MR) is 99.8 cm³/mol. The first-order valence-electron chi connectivity index (χ1n) is 8.18. The molecule has 1 atom stereocenters. The van der Waals surface area contributed by atoms with Gasteiger partial charge in [-0.3, -0.25) is 10.1 Å². The van der Waals surface area contributed by atoms with Crippen LogP contribution in [0, 0.1) is 0 Å². The van der Waals surface area contributed by atoms with Crippen molar-refractivity contribution in [3.05, 3.63) is 40.6 Å². The molecule has 1 aliphatic rings. The Morgan fingerprint density at radius 3 is 2.62 bits per heavy atom. The second-order valence-corrected chi connectivity index (χ2v) is 9.84. The third-order valence-corrected chi connectivity index (χ3v) is 7.86. The molecular weight excluding hydrogens is 398 g/mol. The molecule has 2 aromatic rings. The van der Waals surface area contributed by atoms with E-state index in [4.69, 9.17) is 16.0 Å². The summed E-state index contributed by atoms with van der Waals surface area (Å²) in [5, 5.41) is 3.12. The van der Waals surface area contributed by atoms with E-state index in [1.807, 2.05) is 13.0 Å². The molecule has 0 unspecified atom stereocenters. The van der Waals surface area contributed by atoms with Crippen molar-refractivity contribution >= 4 is 38.9 Å². The summed E-state index contributed by atoms with van der Waals surface area (Å²) in [5.41, 5.74) is 0. The lowest BCUT2D eigenvalue weighted by Gasteiger charge is -2.34. The summed E-state index contributed by atoms with van der Waals surface area (Å²) >= 11 is 6.88. The molecule has 1 fully saturated rings. The lowest BCUT2D eigenvalue weighted by molar-refractivity contribution is -0.131. The Morgan fingerprint density at radius 2 is 2.04 bits per heavy atom. The van der Waals surface area contributed by atoms with Crippen LogP contribution in [0.25, 0.3) is 0 Å². The van der Waals surface area contributed by atoms with Gasteiger partial charge in [-0.25, -0.2) is 8.42 Å². The highest BCUT2D eigenvalue weighted by atomic mass is 35.5. The van der Waals surface area contributed by atoms with Crippen LogP contribution in [0.2, 0.25) is 4.34 Å². The molecule has 1 aliphatic heterocycles. The van der Waals surface area contributed by atoms with Crippen LogP contribution in [0.5, 0.6) is 0 Å². The van der Waals surface area contributed by atoms with Crippen molar-refractivity contribution in [3.63, 3.8) is 0 Å². The molecule has 0 bridgehead atoms. The van der Waals surface area contributed by atoms with Gasteiger partial charge in [-0.05, 0) is 31.2 Å². The molecule has 1 saturated heterocycles. The van der Waals surface area contributed by atoms with Gasteiger partial charge in [-0.2, -0.15) is 4.31 Å². The van der Waals surface area contributed by atoms with Crippen LogP contribution in [0.3, 0.4) is 0 Å². The number of amides is 1. The fourth-order valence-electron chi connectivity index (χ4n) is 2.73. The Morgan fingerprint density at radius 1 is 1.31 bits per heavy atom. The first-order valence-corrected chi connectivity index (χ1v) is 10.8. The number of piperazine rings is 1. The van der Waals surface area contributed by atoms with Crippen LogP contribution in [0.4, 0.5) is 0 Å². The number of hydrogen-bond donors (Lipinski definition) is 1. The van der Waals surface area contributed by atoms with E-state index in [9.17, 15) is 13.2 Å².